The van der Waals surface area contributed by atoms with Crippen molar-refractivity contribution in [3.8, 4) is 0 Å². The highest BCUT2D eigenvalue weighted by molar-refractivity contribution is 5.85. The maximum atomic E-state index is 13.1. The summed E-state index contributed by atoms with van der Waals surface area (Å²) >= 11 is 0. The van der Waals surface area contributed by atoms with E-state index in [9.17, 15) is 25.2 Å². The predicted octanol–water partition coefficient (Wildman–Crippen LogP) is -4.34. The molecule has 1 saturated carbocycles. The standard InChI is InChI=1S/C27H53N7O8/c1-13(30)27(3,39)25(37)34-17-10-15(31)18(21-16(33-9-5-8-28)7-6-14(11-29)41-21)19(35)22(17)42-24-20(36)23(32-4)26(2,38)12-40-24/h6,13,15-24,32-33,35-36,38-39H,5,7-12,28-31H2,1-4H3,(H,34,37). The normalized spacial score (nSPS) is 41.3. The first-order valence-corrected chi connectivity index (χ1v) is 14.8. The Bertz CT molecular complexity index is 923. The molecule has 2 aliphatic heterocycles. The summed E-state index contributed by atoms with van der Waals surface area (Å²) < 4.78 is 18.2. The number of carbonyl (C=O) groups excluding carboxylic acids is 1. The molecule has 13 atom stereocenters. The summed E-state index contributed by atoms with van der Waals surface area (Å²) in [7, 11) is 1.59. The molecule has 2 heterocycles. The molecule has 3 rings (SSSR count). The Labute approximate surface area is 247 Å². The van der Waals surface area contributed by atoms with Crippen molar-refractivity contribution < 1.29 is 39.4 Å². The Hall–Kier alpha value is -1.47. The number of ether oxygens (including phenoxy) is 3. The molecule has 1 aliphatic carbocycles. The van der Waals surface area contributed by atoms with E-state index in [0.29, 0.717) is 25.3 Å². The molecular formula is C27H53N7O8. The van der Waals surface area contributed by atoms with Crippen LogP contribution in [0.5, 0.6) is 0 Å². The van der Waals surface area contributed by atoms with Gasteiger partial charge in [-0.15, -0.1) is 0 Å². The maximum Gasteiger partial charge on any atom is 0.253 e. The summed E-state index contributed by atoms with van der Waals surface area (Å²) in [6.07, 6.45) is -2.29. The average Bonchev–Trinajstić information content (AvgIpc) is 2.92. The van der Waals surface area contributed by atoms with Gasteiger partial charge in [0.15, 0.2) is 11.9 Å². The highest BCUT2D eigenvalue weighted by Crippen LogP contribution is 2.37. The minimum atomic E-state index is -1.92. The van der Waals surface area contributed by atoms with Crippen molar-refractivity contribution >= 4 is 5.91 Å². The van der Waals surface area contributed by atoms with Crippen LogP contribution in [-0.2, 0) is 19.0 Å². The molecule has 15 nitrogen and oxygen atoms in total. The monoisotopic (exact) mass is 603 g/mol. The molecular weight excluding hydrogens is 550 g/mol. The van der Waals surface area contributed by atoms with Gasteiger partial charge < -0.3 is 73.5 Å². The van der Waals surface area contributed by atoms with E-state index in [4.69, 9.17) is 37.1 Å². The Balaban J connectivity index is 1.94. The first kappa shape index (κ1) is 35.0. The lowest BCUT2D eigenvalue weighted by molar-refractivity contribution is -0.297. The lowest BCUT2D eigenvalue weighted by Gasteiger charge is -2.51. The molecule has 0 spiro atoms. The molecule has 1 amide bonds. The molecule has 1 saturated heterocycles. The van der Waals surface area contributed by atoms with Crippen LogP contribution in [0.1, 0.15) is 40.0 Å². The minimum Gasteiger partial charge on any atom is -0.492 e. The minimum absolute atomic E-state index is 0.139. The van der Waals surface area contributed by atoms with Gasteiger partial charge in [-0.25, -0.2) is 0 Å². The zero-order valence-corrected chi connectivity index (χ0v) is 25.1. The molecule has 0 bridgehead atoms. The molecule has 3 aliphatic rings. The Morgan fingerprint density at radius 2 is 1.98 bits per heavy atom. The number of aliphatic hydroxyl groups is 4. The maximum absolute atomic E-state index is 13.1. The molecule has 244 valence electrons. The molecule has 2 fully saturated rings. The quantitative estimate of drug-likeness (QED) is 0.0942. The van der Waals surface area contributed by atoms with Gasteiger partial charge >= 0.3 is 0 Å². The van der Waals surface area contributed by atoms with Crippen molar-refractivity contribution in [2.24, 2.45) is 28.9 Å². The second-order valence-electron chi connectivity index (χ2n) is 12.3. The zero-order valence-electron chi connectivity index (χ0n) is 25.1. The first-order valence-electron chi connectivity index (χ1n) is 14.8. The summed E-state index contributed by atoms with van der Waals surface area (Å²) in [5.74, 6) is -0.882. The van der Waals surface area contributed by atoms with Crippen LogP contribution >= 0.6 is 0 Å². The third-order valence-corrected chi connectivity index (χ3v) is 8.89. The molecule has 15 N–H and O–H groups in total. The fraction of sp³-hybridized carbons (Fsp3) is 0.889. The van der Waals surface area contributed by atoms with Crippen LogP contribution in [0.25, 0.3) is 0 Å². The van der Waals surface area contributed by atoms with E-state index in [1.54, 1.807) is 7.05 Å². The van der Waals surface area contributed by atoms with Crippen molar-refractivity contribution in [1.29, 1.82) is 0 Å². The van der Waals surface area contributed by atoms with E-state index in [1.807, 2.05) is 6.08 Å². The van der Waals surface area contributed by atoms with Crippen LogP contribution in [-0.4, -0.2) is 132 Å². The van der Waals surface area contributed by atoms with Crippen LogP contribution < -0.4 is 38.9 Å². The summed E-state index contributed by atoms with van der Waals surface area (Å²) in [5, 5.41) is 53.5. The second kappa shape index (κ2) is 14.5. The summed E-state index contributed by atoms with van der Waals surface area (Å²) in [5.41, 5.74) is 20.8. The smallest absolute Gasteiger partial charge is 0.253 e. The van der Waals surface area contributed by atoms with E-state index >= 15 is 0 Å². The predicted molar refractivity (Wildman–Crippen MR) is 154 cm³/mol. The number of carbonyl (C=O) groups is 1. The molecule has 0 aromatic rings. The summed E-state index contributed by atoms with van der Waals surface area (Å²) in [6.45, 7) is 5.47. The van der Waals surface area contributed by atoms with E-state index in [-0.39, 0.29) is 25.6 Å². The fourth-order valence-electron chi connectivity index (χ4n) is 6.06. The van der Waals surface area contributed by atoms with Gasteiger partial charge in [-0.05, 0) is 66.2 Å². The Kier molecular flexibility index (Phi) is 12.1. The van der Waals surface area contributed by atoms with Crippen LogP contribution in [0, 0.1) is 5.92 Å². The number of nitrogens with one attached hydrogen (secondary N) is 3. The number of hydrogen-bond acceptors (Lipinski definition) is 14. The van der Waals surface area contributed by atoms with E-state index in [0.717, 1.165) is 6.42 Å². The topological polar surface area (TPSA) is 266 Å². The van der Waals surface area contributed by atoms with Gasteiger partial charge in [-0.1, -0.05) is 0 Å². The van der Waals surface area contributed by atoms with Crippen LogP contribution in [0.15, 0.2) is 11.8 Å². The number of likely N-dealkylation sites (N-methyl/N-ethyl adjacent to an activating group) is 1. The number of amides is 1. The van der Waals surface area contributed by atoms with Gasteiger partial charge in [0.05, 0.1) is 31.3 Å². The third kappa shape index (κ3) is 7.60. The Morgan fingerprint density at radius 3 is 2.57 bits per heavy atom. The van der Waals surface area contributed by atoms with Gasteiger partial charge in [0.2, 0.25) is 0 Å². The molecule has 0 aromatic carbocycles. The van der Waals surface area contributed by atoms with E-state index < -0.39 is 77.9 Å². The first-order chi connectivity index (χ1) is 19.7. The van der Waals surface area contributed by atoms with Crippen molar-refractivity contribution in [2.45, 2.75) is 112 Å². The van der Waals surface area contributed by atoms with Gasteiger partial charge in [-0.2, -0.15) is 0 Å². The van der Waals surface area contributed by atoms with Crippen LogP contribution in [0.2, 0.25) is 0 Å². The van der Waals surface area contributed by atoms with Crippen molar-refractivity contribution in [3.63, 3.8) is 0 Å². The van der Waals surface area contributed by atoms with Gasteiger partial charge in [0.25, 0.3) is 5.91 Å². The molecule has 13 unspecified atom stereocenters. The lowest BCUT2D eigenvalue weighted by atomic mass is 9.72. The zero-order chi connectivity index (χ0) is 31.4. The van der Waals surface area contributed by atoms with Crippen molar-refractivity contribution in [1.82, 2.24) is 16.0 Å². The molecule has 0 radical (unpaired) electrons. The van der Waals surface area contributed by atoms with Gasteiger partial charge in [-0.3, -0.25) is 4.79 Å². The molecule has 42 heavy (non-hydrogen) atoms. The SMILES string of the molecule is CNC1C(O)C(OC2C(NC(=O)C(C)(O)C(C)N)CC(N)C(C3OC(CN)=CCC3NCCCN)C2O)OCC1(C)O. The van der Waals surface area contributed by atoms with E-state index in [1.165, 1.54) is 20.8 Å². The largest absolute Gasteiger partial charge is 0.492 e. The highest BCUT2D eigenvalue weighted by atomic mass is 16.7. The molecule has 15 heteroatoms. The molecule has 0 aromatic heterocycles. The Morgan fingerprint density at radius 1 is 1.29 bits per heavy atom. The van der Waals surface area contributed by atoms with E-state index in [2.05, 4.69) is 16.0 Å². The van der Waals surface area contributed by atoms with Crippen molar-refractivity contribution in [2.75, 3.05) is 33.3 Å². The summed E-state index contributed by atoms with van der Waals surface area (Å²) in [6, 6.07) is -3.49. The van der Waals surface area contributed by atoms with Crippen LogP contribution in [0.3, 0.4) is 0 Å². The van der Waals surface area contributed by atoms with Gasteiger partial charge in [0, 0.05) is 24.0 Å². The van der Waals surface area contributed by atoms with Crippen molar-refractivity contribution in [3.05, 3.63) is 11.8 Å². The number of nitrogens with two attached hydrogens (primary N) is 4. The van der Waals surface area contributed by atoms with Gasteiger partial charge in [0.1, 0.15) is 29.7 Å². The summed E-state index contributed by atoms with van der Waals surface area (Å²) in [4.78, 5) is 13.1. The highest BCUT2D eigenvalue weighted by Gasteiger charge is 2.54. The average molecular weight is 604 g/mol. The number of aliphatic hydroxyl groups excluding tert-OH is 2. The fourth-order valence-corrected chi connectivity index (χ4v) is 6.06. The van der Waals surface area contributed by atoms with Crippen LogP contribution in [0.4, 0.5) is 0 Å². The number of rotatable bonds is 12. The third-order valence-electron chi connectivity index (χ3n) is 8.89. The lowest BCUT2D eigenvalue weighted by Crippen LogP contribution is -2.70. The number of hydrogen-bond donors (Lipinski definition) is 11. The second-order valence-corrected chi connectivity index (χ2v) is 12.3.